The van der Waals surface area contributed by atoms with E-state index >= 15 is 0 Å². The van der Waals surface area contributed by atoms with Crippen molar-refractivity contribution in [2.45, 2.75) is 58.5 Å². The molecule has 9 nitrogen and oxygen atoms in total. The Labute approximate surface area is 177 Å². The molecule has 1 amide bonds. The van der Waals surface area contributed by atoms with E-state index < -0.39 is 27.7 Å². The molecule has 0 aromatic carbocycles. The van der Waals surface area contributed by atoms with Crippen LogP contribution in [0.4, 0.5) is 0 Å². The number of carbonyl (C=O) groups excluding carboxylic acids is 1. The van der Waals surface area contributed by atoms with Gasteiger partial charge in [-0.1, -0.05) is 25.9 Å². The Kier molecular flexibility index (Phi) is 7.19. The molecule has 164 valence electrons. The van der Waals surface area contributed by atoms with Crippen LogP contribution in [0.15, 0.2) is 29.0 Å². The second-order valence-electron chi connectivity index (χ2n) is 8.32. The number of rotatable bonds is 8. The van der Waals surface area contributed by atoms with Crippen molar-refractivity contribution in [3.8, 4) is 11.4 Å². The smallest absolute Gasteiger partial charge is 0.249 e. The molecule has 0 bridgehead atoms. The molecular weight excluding hydrogens is 406 g/mol. The summed E-state index contributed by atoms with van der Waals surface area (Å²) in [5.41, 5.74) is 0.738. The van der Waals surface area contributed by atoms with Gasteiger partial charge in [-0.25, -0.2) is 13.1 Å². The zero-order valence-corrected chi connectivity index (χ0v) is 18.4. The van der Waals surface area contributed by atoms with Crippen molar-refractivity contribution in [3.05, 3.63) is 30.4 Å². The number of amides is 1. The minimum atomic E-state index is -3.72. The van der Waals surface area contributed by atoms with Crippen LogP contribution in [-0.4, -0.2) is 41.2 Å². The molecule has 0 aliphatic heterocycles. The highest BCUT2D eigenvalue weighted by Gasteiger charge is 2.29. The van der Waals surface area contributed by atoms with Crippen LogP contribution >= 0.6 is 0 Å². The summed E-state index contributed by atoms with van der Waals surface area (Å²) in [7, 11) is -3.72. The van der Waals surface area contributed by atoms with Gasteiger partial charge in [-0.05, 0) is 49.7 Å². The summed E-state index contributed by atoms with van der Waals surface area (Å²) in [6.07, 6.45) is 6.83. The Balaban J connectivity index is 1.62. The Morgan fingerprint density at radius 1 is 1.20 bits per heavy atom. The van der Waals surface area contributed by atoms with Crippen molar-refractivity contribution >= 4 is 15.9 Å². The quantitative estimate of drug-likeness (QED) is 0.652. The van der Waals surface area contributed by atoms with Crippen LogP contribution in [0.2, 0.25) is 0 Å². The molecule has 1 fully saturated rings. The molecule has 1 saturated carbocycles. The van der Waals surface area contributed by atoms with Gasteiger partial charge < -0.3 is 9.84 Å². The Hall–Kier alpha value is -2.33. The van der Waals surface area contributed by atoms with Crippen molar-refractivity contribution in [2.75, 3.05) is 5.75 Å². The molecule has 1 unspecified atom stereocenters. The van der Waals surface area contributed by atoms with Gasteiger partial charge in [-0.3, -0.25) is 9.78 Å². The molecule has 1 atom stereocenters. The second kappa shape index (κ2) is 9.65. The maximum absolute atomic E-state index is 12.5. The van der Waals surface area contributed by atoms with Crippen molar-refractivity contribution in [3.63, 3.8) is 0 Å². The highest BCUT2D eigenvalue weighted by Crippen LogP contribution is 2.25. The van der Waals surface area contributed by atoms with E-state index in [1.807, 2.05) is 13.8 Å². The second-order valence-corrected chi connectivity index (χ2v) is 10.1. The van der Waals surface area contributed by atoms with Gasteiger partial charge in [0, 0.05) is 24.0 Å². The molecule has 0 radical (unpaired) electrons. The Morgan fingerprint density at radius 2 is 1.87 bits per heavy atom. The Bertz CT molecular complexity index is 937. The predicted octanol–water partition coefficient (Wildman–Crippen LogP) is 2.44. The number of pyridine rings is 1. The molecule has 0 spiro atoms. The highest BCUT2D eigenvalue weighted by atomic mass is 32.2. The first-order valence-corrected chi connectivity index (χ1v) is 11.9. The van der Waals surface area contributed by atoms with Crippen molar-refractivity contribution < 1.29 is 17.7 Å². The van der Waals surface area contributed by atoms with E-state index in [0.29, 0.717) is 11.7 Å². The van der Waals surface area contributed by atoms with Crippen LogP contribution in [0, 0.1) is 11.8 Å². The summed E-state index contributed by atoms with van der Waals surface area (Å²) in [6, 6.07) is 2.81. The van der Waals surface area contributed by atoms with E-state index in [9.17, 15) is 13.2 Å². The summed E-state index contributed by atoms with van der Waals surface area (Å²) in [5, 5.41) is 6.69. The average Bonchev–Trinajstić information content (AvgIpc) is 3.17. The zero-order chi connectivity index (χ0) is 21.7. The maximum Gasteiger partial charge on any atom is 0.249 e. The molecule has 1 aliphatic carbocycles. The number of hydrogen-bond donors (Lipinski definition) is 2. The lowest BCUT2D eigenvalue weighted by Crippen LogP contribution is -2.43. The first-order chi connectivity index (χ1) is 14.2. The summed E-state index contributed by atoms with van der Waals surface area (Å²) in [6.45, 7) is 5.94. The zero-order valence-electron chi connectivity index (χ0n) is 17.5. The summed E-state index contributed by atoms with van der Waals surface area (Å²) in [4.78, 5) is 20.8. The summed E-state index contributed by atoms with van der Waals surface area (Å²) >= 11 is 0. The SMILES string of the molecule is CC1CCC(NS(=O)(=O)CC(=O)NC(c2nc(-c3ccncc3)no2)C(C)C)CC1. The van der Waals surface area contributed by atoms with Crippen LogP contribution in [-0.2, 0) is 14.8 Å². The third-order valence-corrected chi connectivity index (χ3v) is 6.65. The van der Waals surface area contributed by atoms with Gasteiger partial charge in [0.15, 0.2) is 0 Å². The Morgan fingerprint density at radius 3 is 2.50 bits per heavy atom. The number of nitrogens with zero attached hydrogens (tertiary/aromatic N) is 3. The highest BCUT2D eigenvalue weighted by molar-refractivity contribution is 7.90. The van der Waals surface area contributed by atoms with Gasteiger partial charge >= 0.3 is 0 Å². The first-order valence-electron chi connectivity index (χ1n) is 10.3. The van der Waals surface area contributed by atoms with Gasteiger partial charge in [0.2, 0.25) is 27.6 Å². The van der Waals surface area contributed by atoms with Gasteiger partial charge in [0.05, 0.1) is 0 Å². The van der Waals surface area contributed by atoms with Crippen LogP contribution < -0.4 is 10.0 Å². The standard InChI is InChI=1S/C20H29N5O4S/c1-13(2)18(20-23-19(24-29-20)15-8-10-21-11-9-15)22-17(26)12-30(27,28)25-16-6-4-14(3)5-7-16/h8-11,13-14,16,18,25H,4-7,12H2,1-3H3,(H,22,26). The number of hydrogen-bond acceptors (Lipinski definition) is 7. The fraction of sp³-hybridized carbons (Fsp3) is 0.600. The van der Waals surface area contributed by atoms with Crippen molar-refractivity contribution in [2.24, 2.45) is 11.8 Å². The molecule has 1 aliphatic rings. The summed E-state index contributed by atoms with van der Waals surface area (Å²) < 4.78 is 32.9. The minimum absolute atomic E-state index is 0.0739. The number of carbonyl (C=O) groups is 1. The predicted molar refractivity (Wildman–Crippen MR) is 112 cm³/mol. The molecule has 3 rings (SSSR count). The normalized spacial score (nSPS) is 20.8. The van der Waals surface area contributed by atoms with Crippen LogP contribution in [0.25, 0.3) is 11.4 Å². The van der Waals surface area contributed by atoms with Crippen molar-refractivity contribution in [1.82, 2.24) is 25.2 Å². The molecule has 30 heavy (non-hydrogen) atoms. The lowest BCUT2D eigenvalue weighted by molar-refractivity contribution is -0.119. The van der Waals surface area contributed by atoms with E-state index in [1.54, 1.807) is 24.5 Å². The topological polar surface area (TPSA) is 127 Å². The number of nitrogens with one attached hydrogen (secondary N) is 2. The van der Waals surface area contributed by atoms with Gasteiger partial charge in [0.25, 0.3) is 0 Å². The molecule has 10 heteroatoms. The lowest BCUT2D eigenvalue weighted by atomic mass is 9.88. The largest absolute Gasteiger partial charge is 0.343 e. The first kappa shape index (κ1) is 22.4. The number of sulfonamides is 1. The monoisotopic (exact) mass is 435 g/mol. The fourth-order valence-electron chi connectivity index (χ4n) is 3.55. The lowest BCUT2D eigenvalue weighted by Gasteiger charge is -2.26. The summed E-state index contributed by atoms with van der Waals surface area (Å²) in [5.74, 6) is -0.0745. The molecule has 0 saturated heterocycles. The van der Waals surface area contributed by atoms with Crippen molar-refractivity contribution in [1.29, 1.82) is 0 Å². The number of aromatic nitrogens is 3. The van der Waals surface area contributed by atoms with Gasteiger partial charge in [-0.15, -0.1) is 0 Å². The molecule has 2 aromatic rings. The van der Waals surface area contributed by atoms with E-state index in [0.717, 1.165) is 31.2 Å². The van der Waals surface area contributed by atoms with E-state index in [1.165, 1.54) is 0 Å². The maximum atomic E-state index is 12.5. The van der Waals surface area contributed by atoms with Gasteiger partial charge in [0.1, 0.15) is 11.8 Å². The van der Waals surface area contributed by atoms with E-state index in [2.05, 4.69) is 32.1 Å². The third-order valence-electron chi connectivity index (χ3n) is 5.31. The van der Waals surface area contributed by atoms with Crippen LogP contribution in [0.5, 0.6) is 0 Å². The third kappa shape index (κ3) is 6.09. The minimum Gasteiger partial charge on any atom is -0.343 e. The van der Waals surface area contributed by atoms with Crippen LogP contribution in [0.1, 0.15) is 58.4 Å². The van der Waals surface area contributed by atoms with Crippen LogP contribution in [0.3, 0.4) is 0 Å². The van der Waals surface area contributed by atoms with Gasteiger partial charge in [-0.2, -0.15) is 4.98 Å². The molecule has 2 heterocycles. The fourth-order valence-corrected chi connectivity index (χ4v) is 4.81. The average molecular weight is 436 g/mol. The molecular formula is C20H29N5O4S. The molecule has 2 N–H and O–H groups in total. The van der Waals surface area contributed by atoms with E-state index in [4.69, 9.17) is 4.52 Å². The molecule has 2 aromatic heterocycles. The van der Waals surface area contributed by atoms with E-state index in [-0.39, 0.29) is 17.9 Å².